The van der Waals surface area contributed by atoms with E-state index >= 15 is 0 Å². The molecule has 0 unspecified atom stereocenters. The minimum absolute atomic E-state index is 0.0634. The second-order valence-electron chi connectivity index (χ2n) is 7.19. The van der Waals surface area contributed by atoms with E-state index in [4.69, 9.17) is 0 Å². The molecule has 1 N–H and O–H groups in total. The number of likely N-dealkylation sites (N-methyl/N-ethyl adjacent to an activating group) is 1. The lowest BCUT2D eigenvalue weighted by Gasteiger charge is -2.29. The molecular formula is C21H25N3O4S. The number of sulfonamides is 1. The van der Waals surface area contributed by atoms with Crippen molar-refractivity contribution in [2.45, 2.75) is 31.6 Å². The fourth-order valence-corrected chi connectivity index (χ4v) is 4.61. The number of rotatable bonds is 5. The van der Waals surface area contributed by atoms with Crippen LogP contribution in [0.1, 0.15) is 24.5 Å². The molecule has 0 aliphatic carbocycles. The third kappa shape index (κ3) is 4.49. The maximum atomic E-state index is 13.0. The number of nitrogens with zero attached hydrogens (tertiary/aromatic N) is 2. The maximum Gasteiger partial charge on any atom is 0.243 e. The maximum absolute atomic E-state index is 13.0. The minimum atomic E-state index is -3.84. The average Bonchev–Trinajstić information content (AvgIpc) is 2.68. The van der Waals surface area contributed by atoms with Crippen LogP contribution in [0.2, 0.25) is 0 Å². The van der Waals surface area contributed by atoms with Crippen LogP contribution >= 0.6 is 0 Å². The highest BCUT2D eigenvalue weighted by Crippen LogP contribution is 2.30. The van der Waals surface area contributed by atoms with Crippen molar-refractivity contribution in [3.63, 3.8) is 0 Å². The number of carbonyl (C=O) groups excluding carboxylic acids is 2. The normalized spacial score (nSPS) is 13.9. The average molecular weight is 416 g/mol. The topological polar surface area (TPSA) is 86.8 Å². The van der Waals surface area contributed by atoms with Crippen molar-refractivity contribution in [3.05, 3.63) is 53.6 Å². The van der Waals surface area contributed by atoms with Crippen molar-refractivity contribution in [1.29, 1.82) is 0 Å². The summed E-state index contributed by atoms with van der Waals surface area (Å²) in [5.74, 6) is -0.474. The van der Waals surface area contributed by atoms with Crippen LogP contribution in [0.15, 0.2) is 47.4 Å². The summed E-state index contributed by atoms with van der Waals surface area (Å²) in [6.45, 7) is 3.70. The van der Waals surface area contributed by atoms with Crippen molar-refractivity contribution in [1.82, 2.24) is 4.31 Å². The molecule has 3 rings (SSSR count). The first-order valence-corrected chi connectivity index (χ1v) is 10.9. The molecule has 0 saturated heterocycles. The van der Waals surface area contributed by atoms with E-state index < -0.39 is 15.9 Å². The van der Waals surface area contributed by atoms with Gasteiger partial charge in [0.1, 0.15) is 0 Å². The second kappa shape index (κ2) is 8.34. The van der Waals surface area contributed by atoms with Crippen molar-refractivity contribution >= 4 is 33.2 Å². The highest BCUT2D eigenvalue weighted by atomic mass is 32.2. The summed E-state index contributed by atoms with van der Waals surface area (Å²) >= 11 is 0. The summed E-state index contributed by atoms with van der Waals surface area (Å²) in [6.07, 6.45) is 1.49. The summed E-state index contributed by atoms with van der Waals surface area (Å²) in [7, 11) is -2.46. The molecule has 0 atom stereocenters. The molecule has 8 heteroatoms. The van der Waals surface area contributed by atoms with Crippen LogP contribution in [-0.2, 0) is 26.0 Å². The number of hydrogen-bond donors (Lipinski definition) is 1. The molecule has 0 aromatic heterocycles. The molecule has 1 heterocycles. The number of fused-ring (bicyclic) bond motifs is 1. The second-order valence-corrected chi connectivity index (χ2v) is 9.23. The van der Waals surface area contributed by atoms with E-state index in [0.29, 0.717) is 18.7 Å². The molecule has 0 radical (unpaired) electrons. The first kappa shape index (κ1) is 21.0. The lowest BCUT2D eigenvalue weighted by atomic mass is 10.0. The van der Waals surface area contributed by atoms with Gasteiger partial charge >= 0.3 is 0 Å². The Labute approximate surface area is 171 Å². The van der Waals surface area contributed by atoms with Gasteiger partial charge < -0.3 is 10.2 Å². The fourth-order valence-electron chi connectivity index (χ4n) is 3.43. The number of amides is 2. The Balaban J connectivity index is 1.77. The highest BCUT2D eigenvalue weighted by Gasteiger charge is 2.26. The standard InChI is InChI=1S/C21H25N3O4S/c1-15-7-4-5-9-19(15)22-21(26)14-23(3)29(27,28)18-10-11-20-17(13-18)8-6-12-24(20)16(2)25/h4-5,7,9-11,13H,6,8,12,14H2,1-3H3,(H,22,26). The Morgan fingerprint density at radius 3 is 2.59 bits per heavy atom. The summed E-state index contributed by atoms with van der Waals surface area (Å²) in [6, 6.07) is 12.1. The molecule has 0 saturated carbocycles. The molecule has 0 bridgehead atoms. The quantitative estimate of drug-likeness (QED) is 0.813. The SMILES string of the molecule is CC(=O)N1CCCc2cc(S(=O)(=O)N(C)CC(=O)Nc3ccccc3C)ccc21. The molecule has 1 aliphatic heterocycles. The van der Waals surface area contributed by atoms with Gasteiger partial charge in [-0.1, -0.05) is 18.2 Å². The Morgan fingerprint density at radius 2 is 1.90 bits per heavy atom. The Hall–Kier alpha value is -2.71. The molecular weight excluding hydrogens is 390 g/mol. The fraction of sp³-hybridized carbons (Fsp3) is 0.333. The lowest BCUT2D eigenvalue weighted by Crippen LogP contribution is -2.36. The molecule has 0 fully saturated rings. The van der Waals surface area contributed by atoms with Crippen LogP contribution in [-0.4, -0.2) is 44.7 Å². The van der Waals surface area contributed by atoms with Gasteiger partial charge in [-0.3, -0.25) is 9.59 Å². The van der Waals surface area contributed by atoms with Crippen LogP contribution in [0.25, 0.3) is 0 Å². The zero-order chi connectivity index (χ0) is 21.2. The van der Waals surface area contributed by atoms with E-state index in [2.05, 4.69) is 5.32 Å². The molecule has 0 spiro atoms. The lowest BCUT2D eigenvalue weighted by molar-refractivity contribution is -0.117. The van der Waals surface area contributed by atoms with Crippen LogP contribution in [0, 0.1) is 6.92 Å². The van der Waals surface area contributed by atoms with Gasteiger partial charge in [0.05, 0.1) is 11.4 Å². The van der Waals surface area contributed by atoms with Crippen molar-refractivity contribution < 1.29 is 18.0 Å². The number of hydrogen-bond acceptors (Lipinski definition) is 4. The van der Waals surface area contributed by atoms with E-state index in [1.165, 1.54) is 20.0 Å². The van der Waals surface area contributed by atoms with Gasteiger partial charge in [0.2, 0.25) is 21.8 Å². The third-order valence-electron chi connectivity index (χ3n) is 5.04. The molecule has 29 heavy (non-hydrogen) atoms. The van der Waals surface area contributed by atoms with Crippen LogP contribution in [0.3, 0.4) is 0 Å². The van der Waals surface area contributed by atoms with Crippen molar-refractivity contribution in [3.8, 4) is 0 Å². The monoisotopic (exact) mass is 415 g/mol. The summed E-state index contributed by atoms with van der Waals surface area (Å²) in [5, 5.41) is 2.74. The number of anilines is 2. The van der Waals surface area contributed by atoms with Crippen molar-refractivity contribution in [2.24, 2.45) is 0 Å². The molecule has 2 aromatic carbocycles. The van der Waals surface area contributed by atoms with Gasteiger partial charge in [0.15, 0.2) is 0 Å². The van der Waals surface area contributed by atoms with E-state index in [0.717, 1.165) is 27.5 Å². The van der Waals surface area contributed by atoms with Gasteiger partial charge in [-0.2, -0.15) is 4.31 Å². The zero-order valence-corrected chi connectivity index (χ0v) is 17.6. The molecule has 154 valence electrons. The molecule has 2 aromatic rings. The van der Waals surface area contributed by atoms with Crippen LogP contribution < -0.4 is 10.2 Å². The number of benzene rings is 2. The van der Waals surface area contributed by atoms with E-state index in [-0.39, 0.29) is 17.3 Å². The Morgan fingerprint density at radius 1 is 1.17 bits per heavy atom. The number of aryl methyl sites for hydroxylation is 2. The Bertz CT molecular complexity index is 1050. The van der Waals surface area contributed by atoms with Gasteiger partial charge in [-0.05, 0) is 55.2 Å². The van der Waals surface area contributed by atoms with Gasteiger partial charge in [-0.15, -0.1) is 0 Å². The summed E-state index contributed by atoms with van der Waals surface area (Å²) in [4.78, 5) is 25.9. The van der Waals surface area contributed by atoms with Crippen molar-refractivity contribution in [2.75, 3.05) is 30.4 Å². The van der Waals surface area contributed by atoms with Gasteiger partial charge in [0, 0.05) is 31.9 Å². The number of carbonyl (C=O) groups is 2. The third-order valence-corrected chi connectivity index (χ3v) is 6.84. The summed E-state index contributed by atoms with van der Waals surface area (Å²) in [5.41, 5.74) is 3.13. The highest BCUT2D eigenvalue weighted by molar-refractivity contribution is 7.89. The van der Waals surface area contributed by atoms with E-state index in [9.17, 15) is 18.0 Å². The molecule has 2 amide bonds. The van der Waals surface area contributed by atoms with E-state index in [1.807, 2.05) is 19.1 Å². The van der Waals surface area contributed by atoms with Crippen LogP contribution in [0.4, 0.5) is 11.4 Å². The predicted octanol–water partition coefficient (Wildman–Crippen LogP) is 2.55. The van der Waals surface area contributed by atoms with E-state index in [1.54, 1.807) is 29.2 Å². The van der Waals surface area contributed by atoms with Gasteiger partial charge in [-0.25, -0.2) is 8.42 Å². The molecule has 7 nitrogen and oxygen atoms in total. The Kier molecular flexibility index (Phi) is 6.04. The summed E-state index contributed by atoms with van der Waals surface area (Å²) < 4.78 is 26.9. The number of nitrogens with one attached hydrogen (secondary N) is 1. The molecule has 1 aliphatic rings. The first-order valence-electron chi connectivity index (χ1n) is 9.43. The number of para-hydroxylation sites is 1. The largest absolute Gasteiger partial charge is 0.325 e. The zero-order valence-electron chi connectivity index (χ0n) is 16.8. The van der Waals surface area contributed by atoms with Gasteiger partial charge in [0.25, 0.3) is 0 Å². The van der Waals surface area contributed by atoms with Crippen LogP contribution in [0.5, 0.6) is 0 Å². The first-order chi connectivity index (χ1) is 13.7. The minimum Gasteiger partial charge on any atom is -0.325 e. The predicted molar refractivity (Wildman–Crippen MR) is 112 cm³/mol. The smallest absolute Gasteiger partial charge is 0.243 e.